The number of aliphatic imine (C=N–C) groups is 1. The minimum absolute atomic E-state index is 0. The molecule has 3 amide bonds. The molecule has 3 N–H and O–H groups in total. The van der Waals surface area contributed by atoms with Crippen molar-refractivity contribution in [1.82, 2.24) is 30.1 Å². The summed E-state index contributed by atoms with van der Waals surface area (Å²) >= 11 is 0. The van der Waals surface area contributed by atoms with Crippen LogP contribution < -0.4 is 5.32 Å². The molecule has 0 saturated carbocycles. The zero-order valence-corrected chi connectivity index (χ0v) is 36.3. The molecular weight excluding hydrogens is 847 g/mol. The number of nitrogens with one attached hydrogen (secondary N) is 3. The smallest absolute Gasteiger partial charge is 0.407 e. The molecule has 4 heterocycles. The van der Waals surface area contributed by atoms with E-state index in [0.29, 0.717) is 24.5 Å². The number of aromatic nitrogens is 3. The van der Waals surface area contributed by atoms with Crippen molar-refractivity contribution in [3.8, 4) is 23.1 Å². The lowest BCUT2D eigenvalue weighted by Crippen LogP contribution is -2.42. The summed E-state index contributed by atoms with van der Waals surface area (Å²) in [6, 6.07) is 32.8. The zero-order valence-electron chi connectivity index (χ0n) is 34.3. The van der Waals surface area contributed by atoms with Crippen molar-refractivity contribution in [2.75, 3.05) is 27.3 Å². The Labute approximate surface area is 388 Å². The number of aromatic amines is 2. The number of amides is 3. The molecule has 336 valence electrons. The lowest BCUT2D eigenvalue weighted by atomic mass is 10.0. The van der Waals surface area contributed by atoms with Crippen molar-refractivity contribution in [3.05, 3.63) is 149 Å². The van der Waals surface area contributed by atoms with Gasteiger partial charge in [0.1, 0.15) is 11.9 Å². The molecule has 2 aliphatic rings. The van der Waals surface area contributed by atoms with E-state index < -0.39 is 18.2 Å². The van der Waals surface area contributed by atoms with Crippen LogP contribution in [-0.4, -0.2) is 76.4 Å². The van der Waals surface area contributed by atoms with Gasteiger partial charge in [-0.15, -0.1) is 0 Å². The minimum Gasteiger partial charge on any atom is -0.453 e. The molecule has 64 heavy (non-hydrogen) atoms. The highest BCUT2D eigenvalue weighted by atomic mass is 32.1. The molecule has 13 nitrogen and oxygen atoms in total. The third-order valence-corrected chi connectivity index (χ3v) is 11.1. The van der Waals surface area contributed by atoms with Crippen LogP contribution >= 0.6 is 27.0 Å². The molecule has 0 bridgehead atoms. The van der Waals surface area contributed by atoms with Crippen molar-refractivity contribution in [1.29, 1.82) is 0 Å². The van der Waals surface area contributed by atoms with Crippen molar-refractivity contribution >= 4 is 62.2 Å². The number of fused-ring (bicyclic) bond motifs is 1. The van der Waals surface area contributed by atoms with Crippen molar-refractivity contribution in [2.45, 2.75) is 64.7 Å². The van der Waals surface area contributed by atoms with Crippen LogP contribution in [0.4, 0.5) is 4.79 Å². The fraction of sp³-hybridized carbons (Fsp3) is 0.286. The van der Waals surface area contributed by atoms with Gasteiger partial charge in [-0.05, 0) is 78.8 Å². The second kappa shape index (κ2) is 23.3. The number of methoxy groups -OCH3 is 1. The average Bonchev–Trinajstić information content (AvgIpc) is 4.13. The van der Waals surface area contributed by atoms with E-state index in [-0.39, 0.29) is 65.7 Å². The maximum absolute atomic E-state index is 14.0. The van der Waals surface area contributed by atoms with Crippen LogP contribution in [0, 0.1) is 11.8 Å². The largest absolute Gasteiger partial charge is 0.453 e. The summed E-state index contributed by atoms with van der Waals surface area (Å²) in [6.07, 6.45) is 5.57. The predicted octanol–water partition coefficient (Wildman–Crippen LogP) is 9.23. The molecule has 4 aromatic carbocycles. The monoisotopic (exact) mass is 903 g/mol. The number of H-pyrrole nitrogens is 2. The summed E-state index contributed by atoms with van der Waals surface area (Å²) in [5.74, 6) is 6.98. The highest BCUT2D eigenvalue weighted by Gasteiger charge is 2.38. The Morgan fingerprint density at radius 3 is 2.08 bits per heavy atom. The van der Waals surface area contributed by atoms with Gasteiger partial charge in [-0.2, -0.15) is 31.9 Å². The molecule has 6 aromatic rings. The van der Waals surface area contributed by atoms with E-state index in [1.165, 1.54) is 20.6 Å². The summed E-state index contributed by atoms with van der Waals surface area (Å²) in [5.41, 5.74) is 6.91. The van der Waals surface area contributed by atoms with Crippen LogP contribution in [-0.2, 0) is 24.1 Å². The van der Waals surface area contributed by atoms with Gasteiger partial charge in [0.25, 0.3) is 11.8 Å². The average molecular weight is 904 g/mol. The van der Waals surface area contributed by atoms with E-state index in [2.05, 4.69) is 54.1 Å². The molecule has 2 aromatic heterocycles. The number of benzene rings is 4. The Bertz CT molecular complexity index is 2550. The lowest BCUT2D eigenvalue weighted by Gasteiger charge is -2.28. The summed E-state index contributed by atoms with van der Waals surface area (Å²) < 4.78 is 4.83. The van der Waals surface area contributed by atoms with Gasteiger partial charge >= 0.3 is 6.09 Å². The zero-order chi connectivity index (χ0) is 41.4. The van der Waals surface area contributed by atoms with Crippen LogP contribution in [0.5, 0.6) is 0 Å². The van der Waals surface area contributed by atoms with Gasteiger partial charge in [0.15, 0.2) is 6.04 Å². The van der Waals surface area contributed by atoms with Gasteiger partial charge in [0.2, 0.25) is 6.40 Å². The van der Waals surface area contributed by atoms with Crippen LogP contribution in [0.2, 0.25) is 0 Å². The Morgan fingerprint density at radius 2 is 1.41 bits per heavy atom. The second-order valence-electron chi connectivity index (χ2n) is 14.7. The van der Waals surface area contributed by atoms with Gasteiger partial charge in [-0.1, -0.05) is 99.5 Å². The number of carbonyl (C=O) groups excluding carboxylic acids is 3. The lowest BCUT2D eigenvalue weighted by molar-refractivity contribution is -0.188. The second-order valence-corrected chi connectivity index (χ2v) is 14.7. The van der Waals surface area contributed by atoms with E-state index in [9.17, 15) is 14.4 Å². The third-order valence-electron chi connectivity index (χ3n) is 11.1. The minimum atomic E-state index is -0.882. The molecule has 2 saturated heterocycles. The highest BCUT2D eigenvalue weighted by Crippen LogP contribution is 2.37. The summed E-state index contributed by atoms with van der Waals surface area (Å²) in [5, 5.41) is 3.73. The fourth-order valence-corrected chi connectivity index (χ4v) is 8.10. The van der Waals surface area contributed by atoms with Crippen molar-refractivity contribution in [2.24, 2.45) is 4.99 Å². The van der Waals surface area contributed by atoms with Crippen molar-refractivity contribution in [3.63, 3.8) is 0 Å². The van der Waals surface area contributed by atoms with Gasteiger partial charge in [-0.25, -0.2) is 14.8 Å². The first-order valence-corrected chi connectivity index (χ1v) is 20.0. The van der Waals surface area contributed by atoms with E-state index in [4.69, 9.17) is 9.62 Å². The molecular formula is C49H57N7O6S2. The Hall–Kier alpha value is -6.47. The molecule has 0 aliphatic carbocycles. The molecule has 0 spiro atoms. The first-order valence-electron chi connectivity index (χ1n) is 20.0. The van der Waals surface area contributed by atoms with E-state index in [1.807, 2.05) is 102 Å². The predicted molar refractivity (Wildman–Crippen MR) is 260 cm³/mol. The number of nitrogens with zero attached hydrogens (tertiary/aromatic N) is 4. The molecule has 0 unspecified atom stereocenters. The Morgan fingerprint density at radius 1 is 0.781 bits per heavy atom. The van der Waals surface area contributed by atoms with Crippen LogP contribution in [0.25, 0.3) is 22.2 Å². The highest BCUT2D eigenvalue weighted by molar-refractivity contribution is 7.59. The summed E-state index contributed by atoms with van der Waals surface area (Å²) in [4.78, 5) is 69.4. The van der Waals surface area contributed by atoms with E-state index in [0.717, 1.165) is 70.2 Å². The summed E-state index contributed by atoms with van der Waals surface area (Å²) in [7, 11) is 2.67. The summed E-state index contributed by atoms with van der Waals surface area (Å²) in [6.45, 7) is 1.18. The van der Waals surface area contributed by atoms with Crippen LogP contribution in [0.1, 0.15) is 98.5 Å². The van der Waals surface area contributed by atoms with Gasteiger partial charge in [0, 0.05) is 40.8 Å². The quantitative estimate of drug-likeness (QED) is 0.0385. The van der Waals surface area contributed by atoms with Crippen LogP contribution in [0.15, 0.2) is 120 Å². The number of hydrogen-bond donors (Lipinski definition) is 3. The molecule has 15 heteroatoms. The van der Waals surface area contributed by atoms with E-state index in [1.54, 1.807) is 11.1 Å². The maximum atomic E-state index is 14.0. The fourth-order valence-electron chi connectivity index (χ4n) is 8.10. The topological polar surface area (TPSA) is 154 Å². The van der Waals surface area contributed by atoms with Gasteiger partial charge in [0.05, 0.1) is 38.2 Å². The number of hydrogen-bond acceptors (Lipinski definition) is 8. The molecule has 2 fully saturated rings. The van der Waals surface area contributed by atoms with Crippen LogP contribution in [0.3, 0.4) is 0 Å². The number of alkyl carbamates (subject to hydrolysis) is 1. The number of carbonyl (C=O) groups is 3. The Balaban J connectivity index is 0.00000224. The van der Waals surface area contributed by atoms with Gasteiger partial charge in [-0.3, -0.25) is 9.59 Å². The number of likely N-dealkylation sites (tertiary alicyclic amines) is 2. The Kier molecular flexibility index (Phi) is 18.3. The molecule has 2 aliphatic heterocycles. The SMILES string of the molecule is C.C.COOC=N[C@@H](C(=O)N1CCC[C@H]1c1cc2cc(C#Cc3ccc(-c4cnc([C@@H]5CCCN5C(=O)[C@H](NC(=O)OC)c5ccccc5)[nH]4)cc3)ccc2[nH]1)c1ccccc1.S.S. The molecule has 8 rings (SSSR count). The number of imidazole rings is 1. The first kappa shape index (κ1) is 50.2. The third kappa shape index (κ3) is 11.2. The molecule has 4 atom stereocenters. The number of ether oxygens (including phenoxy) is 1. The molecule has 0 radical (unpaired) electrons. The van der Waals surface area contributed by atoms with Gasteiger partial charge < -0.3 is 34.7 Å². The standard InChI is InChI=1S/C47H45N7O6.2CH4.2H2S/c1-58-47(57)52-43(35-13-7-4-8-14-35)46(56)54-26-10-16-41(54)44-48-29-39(51-44)33-22-19-31(20-23-33)17-18-32-21-24-37-36(27-32)28-38(50-37)40-15-9-25-53(40)45(55)42(49-30-60-59-2)34-11-5-3-6-12-34;;;;/h3-8,11-14,19-24,27-30,40-43,50H,9-10,15-16,25-26H2,1-2H3,(H,48,51)(H,52,57);2*1H4;2*1H2/t40-,41-,42+,43+;;;;/m0..../s1. The number of rotatable bonds is 11. The van der Waals surface area contributed by atoms with E-state index >= 15 is 0 Å². The first-order chi connectivity index (χ1) is 29.4. The normalized spacial score (nSPS) is 16.2. The maximum Gasteiger partial charge on any atom is 0.407 e. The van der Waals surface area contributed by atoms with Crippen molar-refractivity contribution < 1.29 is 28.9 Å².